The lowest BCUT2D eigenvalue weighted by Crippen LogP contribution is -2.21. The van der Waals surface area contributed by atoms with Crippen LogP contribution in [0.4, 0.5) is 43.8 Å². The number of halogens is 6. The lowest BCUT2D eigenvalue weighted by molar-refractivity contribution is -0.142. The summed E-state index contributed by atoms with van der Waals surface area (Å²) in [6.45, 7) is 1.21. The fourth-order valence-corrected chi connectivity index (χ4v) is 2.79. The normalized spacial score (nSPS) is 14.8. The number of rotatable bonds is 7. The monoisotopic (exact) mass is 433 g/mol. The zero-order valence-electron chi connectivity index (χ0n) is 16.3. The molecule has 1 heterocycles. The Bertz CT molecular complexity index is 890. The molecule has 5 nitrogen and oxygen atoms in total. The summed E-state index contributed by atoms with van der Waals surface area (Å²) in [7, 11) is 3.78. The average molecular weight is 433 g/mol. The Kier molecular flexibility index (Phi) is 6.11. The first kappa shape index (κ1) is 22.1. The van der Waals surface area contributed by atoms with Crippen molar-refractivity contribution in [2.45, 2.75) is 31.1 Å². The van der Waals surface area contributed by atoms with Crippen molar-refractivity contribution in [2.75, 3.05) is 37.8 Å². The lowest BCUT2D eigenvalue weighted by atomic mass is 10.1. The largest absolute Gasteiger partial charge is 0.418 e. The second-order valence-electron chi connectivity index (χ2n) is 7.39. The van der Waals surface area contributed by atoms with Crippen molar-refractivity contribution in [3.63, 3.8) is 0 Å². The predicted molar refractivity (Wildman–Crippen MR) is 101 cm³/mol. The molecular formula is C19H21F6N5. The van der Waals surface area contributed by atoms with Crippen LogP contribution >= 0.6 is 0 Å². The van der Waals surface area contributed by atoms with E-state index in [1.807, 2.05) is 19.0 Å². The number of nitrogens with one attached hydrogen (secondary N) is 2. The van der Waals surface area contributed by atoms with Crippen LogP contribution in [-0.2, 0) is 12.4 Å². The third-order valence-corrected chi connectivity index (χ3v) is 4.50. The highest BCUT2D eigenvalue weighted by molar-refractivity contribution is 5.63. The van der Waals surface area contributed by atoms with Crippen LogP contribution in [0, 0.1) is 0 Å². The van der Waals surface area contributed by atoms with E-state index < -0.39 is 29.2 Å². The van der Waals surface area contributed by atoms with Crippen LogP contribution in [0.1, 0.15) is 35.6 Å². The fourth-order valence-electron chi connectivity index (χ4n) is 2.79. The molecule has 1 aliphatic rings. The number of anilines is 3. The molecular weight excluding hydrogens is 412 g/mol. The highest BCUT2D eigenvalue weighted by atomic mass is 19.4. The van der Waals surface area contributed by atoms with E-state index in [4.69, 9.17) is 0 Å². The Morgan fingerprint density at radius 2 is 1.70 bits per heavy atom. The van der Waals surface area contributed by atoms with Gasteiger partial charge in [-0.1, -0.05) is 0 Å². The van der Waals surface area contributed by atoms with Gasteiger partial charge < -0.3 is 15.5 Å². The van der Waals surface area contributed by atoms with E-state index in [1.54, 1.807) is 0 Å². The number of hydrogen-bond donors (Lipinski definition) is 2. The summed E-state index contributed by atoms with van der Waals surface area (Å²) in [5, 5.41) is 5.56. The Morgan fingerprint density at radius 3 is 2.27 bits per heavy atom. The summed E-state index contributed by atoms with van der Waals surface area (Å²) in [6.07, 6.45) is -8.01. The molecule has 3 rings (SSSR count). The molecule has 2 N–H and O–H groups in total. The summed E-state index contributed by atoms with van der Waals surface area (Å²) in [5.41, 5.74) is -2.60. The zero-order chi connectivity index (χ0) is 22.1. The molecule has 1 fully saturated rings. The molecule has 0 unspecified atom stereocenters. The number of alkyl halides is 6. The summed E-state index contributed by atoms with van der Waals surface area (Å²) in [6, 6.07) is 3.01. The summed E-state index contributed by atoms with van der Waals surface area (Å²) >= 11 is 0. The summed E-state index contributed by atoms with van der Waals surface area (Å²) < 4.78 is 78.8. The Hall–Kier alpha value is -2.56. The van der Waals surface area contributed by atoms with Gasteiger partial charge in [-0.05, 0) is 45.1 Å². The van der Waals surface area contributed by atoms with Crippen LogP contribution < -0.4 is 10.6 Å². The van der Waals surface area contributed by atoms with Crippen molar-refractivity contribution in [1.29, 1.82) is 0 Å². The third-order valence-electron chi connectivity index (χ3n) is 4.50. The molecule has 0 aliphatic heterocycles. The maximum absolute atomic E-state index is 13.4. The maximum Gasteiger partial charge on any atom is 0.418 e. The van der Waals surface area contributed by atoms with E-state index in [2.05, 4.69) is 20.6 Å². The second-order valence-corrected chi connectivity index (χ2v) is 7.39. The molecule has 1 saturated carbocycles. The van der Waals surface area contributed by atoms with Gasteiger partial charge in [0.15, 0.2) is 0 Å². The number of aromatic nitrogens is 2. The molecule has 0 radical (unpaired) electrons. The van der Waals surface area contributed by atoms with Crippen LogP contribution in [0.15, 0.2) is 24.3 Å². The van der Waals surface area contributed by atoms with Gasteiger partial charge >= 0.3 is 12.4 Å². The minimum absolute atomic E-state index is 0.0875. The van der Waals surface area contributed by atoms with E-state index in [1.165, 1.54) is 6.07 Å². The van der Waals surface area contributed by atoms with Crippen molar-refractivity contribution >= 4 is 17.5 Å². The Labute approximate surface area is 169 Å². The van der Waals surface area contributed by atoms with E-state index in [-0.39, 0.29) is 23.8 Å². The van der Waals surface area contributed by atoms with Crippen molar-refractivity contribution < 1.29 is 26.3 Å². The minimum atomic E-state index is -4.97. The van der Waals surface area contributed by atoms with E-state index in [9.17, 15) is 26.3 Å². The van der Waals surface area contributed by atoms with Crippen molar-refractivity contribution in [1.82, 2.24) is 14.9 Å². The number of nitrogens with zero attached hydrogens (tertiary/aromatic N) is 3. The van der Waals surface area contributed by atoms with Gasteiger partial charge in [-0.3, -0.25) is 0 Å². The SMILES string of the molecule is CN(C)CCNc1nc(Nc2ccc(C(F)(F)F)cc2C(F)(F)F)cc(C2CC2)n1. The van der Waals surface area contributed by atoms with Crippen molar-refractivity contribution in [3.05, 3.63) is 41.1 Å². The van der Waals surface area contributed by atoms with Gasteiger partial charge in [0.1, 0.15) is 5.82 Å². The molecule has 0 amide bonds. The minimum Gasteiger partial charge on any atom is -0.353 e. The quantitative estimate of drug-likeness (QED) is 0.595. The standard InChI is InChI=1S/C19H21F6N5/c1-30(2)8-7-26-17-28-15(11-3-4-11)10-16(29-17)27-14-6-5-12(18(20,21)22)9-13(14)19(23,24)25/h5-6,9-11H,3-4,7-8H2,1-2H3,(H2,26,27,28,29). The number of benzene rings is 1. The first-order chi connectivity index (χ1) is 13.9. The average Bonchev–Trinajstić information content (AvgIpc) is 3.45. The van der Waals surface area contributed by atoms with Crippen molar-refractivity contribution in [2.24, 2.45) is 0 Å². The van der Waals surface area contributed by atoms with Gasteiger partial charge in [0, 0.05) is 25.1 Å². The first-order valence-corrected chi connectivity index (χ1v) is 9.26. The van der Waals surface area contributed by atoms with Gasteiger partial charge in [0.25, 0.3) is 0 Å². The van der Waals surface area contributed by atoms with Gasteiger partial charge in [0.05, 0.1) is 22.5 Å². The maximum atomic E-state index is 13.4. The summed E-state index contributed by atoms with van der Waals surface area (Å²) in [4.78, 5) is 10.5. The Balaban J connectivity index is 1.92. The van der Waals surface area contributed by atoms with Gasteiger partial charge in [-0.2, -0.15) is 31.3 Å². The topological polar surface area (TPSA) is 53.1 Å². The highest BCUT2D eigenvalue weighted by Gasteiger charge is 2.38. The van der Waals surface area contributed by atoms with Crippen LogP contribution in [0.25, 0.3) is 0 Å². The fraction of sp³-hybridized carbons (Fsp3) is 0.474. The highest BCUT2D eigenvalue weighted by Crippen LogP contribution is 2.42. The number of hydrogen-bond acceptors (Lipinski definition) is 5. The molecule has 2 aromatic rings. The lowest BCUT2D eigenvalue weighted by Gasteiger charge is -2.17. The molecule has 0 bridgehead atoms. The third kappa shape index (κ3) is 5.74. The predicted octanol–water partition coefficient (Wildman–Crippen LogP) is 5.11. The zero-order valence-corrected chi connectivity index (χ0v) is 16.3. The molecule has 164 valence electrons. The van der Waals surface area contributed by atoms with E-state index in [0.29, 0.717) is 24.8 Å². The van der Waals surface area contributed by atoms with Gasteiger partial charge in [0.2, 0.25) is 5.95 Å². The van der Waals surface area contributed by atoms with E-state index >= 15 is 0 Å². The molecule has 1 aromatic carbocycles. The second kappa shape index (κ2) is 8.29. The first-order valence-electron chi connectivity index (χ1n) is 9.26. The van der Waals surface area contributed by atoms with Crippen LogP contribution in [0.2, 0.25) is 0 Å². The molecule has 0 atom stereocenters. The number of likely N-dealkylation sites (N-methyl/N-ethyl adjacent to an activating group) is 1. The summed E-state index contributed by atoms with van der Waals surface area (Å²) in [5.74, 6) is 0.548. The van der Waals surface area contributed by atoms with Crippen LogP contribution in [0.5, 0.6) is 0 Å². The molecule has 11 heteroatoms. The molecule has 1 aliphatic carbocycles. The van der Waals surface area contributed by atoms with Crippen molar-refractivity contribution in [3.8, 4) is 0 Å². The van der Waals surface area contributed by atoms with Crippen LogP contribution in [0.3, 0.4) is 0 Å². The molecule has 1 aromatic heterocycles. The molecule has 0 spiro atoms. The van der Waals surface area contributed by atoms with Gasteiger partial charge in [-0.25, -0.2) is 4.98 Å². The molecule has 30 heavy (non-hydrogen) atoms. The van der Waals surface area contributed by atoms with E-state index in [0.717, 1.165) is 18.9 Å². The Morgan fingerprint density at radius 1 is 1.00 bits per heavy atom. The smallest absolute Gasteiger partial charge is 0.353 e. The van der Waals surface area contributed by atoms with Gasteiger partial charge in [-0.15, -0.1) is 0 Å². The molecule has 0 saturated heterocycles. The van der Waals surface area contributed by atoms with Crippen LogP contribution in [-0.4, -0.2) is 42.1 Å².